The number of amides is 2. The van der Waals surface area contributed by atoms with Crippen LogP contribution < -0.4 is 5.32 Å². The van der Waals surface area contributed by atoms with Crippen molar-refractivity contribution in [2.75, 3.05) is 20.2 Å². The zero-order valence-electron chi connectivity index (χ0n) is 15.5. The van der Waals surface area contributed by atoms with Gasteiger partial charge in [0, 0.05) is 31.8 Å². The average Bonchev–Trinajstić information content (AvgIpc) is 2.54. The molecule has 0 aromatic heterocycles. The standard InChI is InChI=1S/C19H28N2O4/c1-19(2,3)25-18(23)21-11-9-15(10-12-21)20-17(22)16-8-6-5-7-14(16)13-24-4/h5-8,15H,9-13H2,1-4H3,(H,20,22). The molecule has 25 heavy (non-hydrogen) atoms. The number of likely N-dealkylation sites (tertiary alicyclic amines) is 1. The maximum absolute atomic E-state index is 12.5. The molecule has 1 aromatic rings. The molecule has 1 aromatic carbocycles. The van der Waals surface area contributed by atoms with Crippen molar-refractivity contribution in [3.05, 3.63) is 35.4 Å². The van der Waals surface area contributed by atoms with Crippen LogP contribution in [0.25, 0.3) is 0 Å². The van der Waals surface area contributed by atoms with E-state index in [4.69, 9.17) is 9.47 Å². The van der Waals surface area contributed by atoms with Gasteiger partial charge in [-0.15, -0.1) is 0 Å². The molecular weight excluding hydrogens is 320 g/mol. The molecule has 2 amide bonds. The highest BCUT2D eigenvalue weighted by Gasteiger charge is 2.27. The SMILES string of the molecule is COCc1ccccc1C(=O)NC1CCN(C(=O)OC(C)(C)C)CC1. The van der Waals surface area contributed by atoms with Crippen molar-refractivity contribution in [2.24, 2.45) is 0 Å². The van der Waals surface area contributed by atoms with Gasteiger partial charge in [0.25, 0.3) is 5.91 Å². The molecule has 138 valence electrons. The third kappa shape index (κ3) is 5.74. The van der Waals surface area contributed by atoms with Gasteiger partial charge < -0.3 is 19.7 Å². The second-order valence-electron chi connectivity index (χ2n) is 7.31. The van der Waals surface area contributed by atoms with Crippen LogP contribution in [-0.2, 0) is 16.1 Å². The molecule has 0 atom stereocenters. The molecule has 1 N–H and O–H groups in total. The summed E-state index contributed by atoms with van der Waals surface area (Å²) in [5.74, 6) is -0.0941. The number of nitrogens with one attached hydrogen (secondary N) is 1. The van der Waals surface area contributed by atoms with Gasteiger partial charge in [-0.3, -0.25) is 4.79 Å². The molecule has 0 bridgehead atoms. The molecule has 0 saturated carbocycles. The van der Waals surface area contributed by atoms with Crippen LogP contribution in [0.3, 0.4) is 0 Å². The number of rotatable bonds is 4. The molecule has 1 fully saturated rings. The maximum Gasteiger partial charge on any atom is 0.410 e. The van der Waals surface area contributed by atoms with Crippen LogP contribution in [0.1, 0.15) is 49.5 Å². The summed E-state index contributed by atoms with van der Waals surface area (Å²) in [7, 11) is 1.61. The Balaban J connectivity index is 1.88. The van der Waals surface area contributed by atoms with Crippen LogP contribution >= 0.6 is 0 Å². The van der Waals surface area contributed by atoms with E-state index in [1.807, 2.05) is 39.0 Å². The van der Waals surface area contributed by atoms with E-state index in [-0.39, 0.29) is 18.0 Å². The maximum atomic E-state index is 12.5. The molecule has 2 rings (SSSR count). The molecule has 1 aliphatic heterocycles. The van der Waals surface area contributed by atoms with Crippen molar-refractivity contribution in [3.8, 4) is 0 Å². The lowest BCUT2D eigenvalue weighted by atomic mass is 10.0. The van der Waals surface area contributed by atoms with Crippen molar-refractivity contribution in [3.63, 3.8) is 0 Å². The second-order valence-corrected chi connectivity index (χ2v) is 7.31. The molecule has 0 aliphatic carbocycles. The first-order valence-electron chi connectivity index (χ1n) is 8.66. The van der Waals surface area contributed by atoms with Gasteiger partial charge in [0.1, 0.15) is 5.60 Å². The highest BCUT2D eigenvalue weighted by molar-refractivity contribution is 5.95. The number of carbonyl (C=O) groups excluding carboxylic acids is 2. The predicted octanol–water partition coefficient (Wildman–Crippen LogP) is 2.96. The molecule has 0 unspecified atom stereocenters. The monoisotopic (exact) mass is 348 g/mol. The van der Waals surface area contributed by atoms with Crippen molar-refractivity contribution in [1.29, 1.82) is 0 Å². The van der Waals surface area contributed by atoms with Crippen molar-refractivity contribution < 1.29 is 19.1 Å². The number of hydrogen-bond acceptors (Lipinski definition) is 4. The zero-order chi connectivity index (χ0) is 18.4. The van der Waals surface area contributed by atoms with E-state index in [1.54, 1.807) is 18.1 Å². The topological polar surface area (TPSA) is 67.9 Å². The fraction of sp³-hybridized carbons (Fsp3) is 0.579. The van der Waals surface area contributed by atoms with E-state index in [1.165, 1.54) is 0 Å². The van der Waals surface area contributed by atoms with Gasteiger partial charge in [0.05, 0.1) is 6.61 Å². The van der Waals surface area contributed by atoms with Gasteiger partial charge in [0.15, 0.2) is 0 Å². The van der Waals surface area contributed by atoms with E-state index >= 15 is 0 Å². The minimum Gasteiger partial charge on any atom is -0.444 e. The van der Waals surface area contributed by atoms with Crippen LogP contribution in [-0.4, -0.2) is 48.7 Å². The molecule has 6 heteroatoms. The Morgan fingerprint density at radius 3 is 2.44 bits per heavy atom. The first-order chi connectivity index (χ1) is 11.8. The normalized spacial score (nSPS) is 15.8. The Hall–Kier alpha value is -2.08. The van der Waals surface area contributed by atoms with Gasteiger partial charge in [-0.05, 0) is 45.2 Å². The molecular formula is C19H28N2O4. The lowest BCUT2D eigenvalue weighted by Gasteiger charge is -2.33. The van der Waals surface area contributed by atoms with E-state index < -0.39 is 5.60 Å². The van der Waals surface area contributed by atoms with E-state index in [9.17, 15) is 9.59 Å². The Kier molecular flexibility index (Phi) is 6.42. The van der Waals surface area contributed by atoms with Gasteiger partial charge in [0.2, 0.25) is 0 Å². The zero-order valence-corrected chi connectivity index (χ0v) is 15.5. The van der Waals surface area contributed by atoms with Gasteiger partial charge in [-0.25, -0.2) is 4.79 Å². The molecule has 1 aliphatic rings. The lowest BCUT2D eigenvalue weighted by Crippen LogP contribution is -2.47. The van der Waals surface area contributed by atoms with Crippen LogP contribution in [0.15, 0.2) is 24.3 Å². The first-order valence-corrected chi connectivity index (χ1v) is 8.66. The Morgan fingerprint density at radius 1 is 1.20 bits per heavy atom. The summed E-state index contributed by atoms with van der Waals surface area (Å²) in [6, 6.07) is 7.49. The molecule has 6 nitrogen and oxygen atoms in total. The Bertz CT molecular complexity index is 602. The smallest absolute Gasteiger partial charge is 0.410 e. The molecule has 0 spiro atoms. The minimum absolute atomic E-state index is 0.0572. The number of methoxy groups -OCH3 is 1. The summed E-state index contributed by atoms with van der Waals surface area (Å²) in [6.45, 7) is 7.14. The number of hydrogen-bond donors (Lipinski definition) is 1. The third-order valence-corrected chi connectivity index (χ3v) is 4.04. The predicted molar refractivity (Wildman–Crippen MR) is 95.5 cm³/mol. The molecule has 1 saturated heterocycles. The summed E-state index contributed by atoms with van der Waals surface area (Å²) < 4.78 is 10.5. The number of carbonyl (C=O) groups is 2. The number of piperidine rings is 1. The van der Waals surface area contributed by atoms with E-state index in [0.717, 1.165) is 18.4 Å². The van der Waals surface area contributed by atoms with Gasteiger partial charge >= 0.3 is 6.09 Å². The van der Waals surface area contributed by atoms with Crippen molar-refractivity contribution >= 4 is 12.0 Å². The Labute approximate surface area is 149 Å². The average molecular weight is 348 g/mol. The van der Waals surface area contributed by atoms with Crippen molar-refractivity contribution in [1.82, 2.24) is 10.2 Å². The van der Waals surface area contributed by atoms with E-state index in [0.29, 0.717) is 25.3 Å². The summed E-state index contributed by atoms with van der Waals surface area (Å²) >= 11 is 0. The first kappa shape index (κ1) is 19.2. The number of ether oxygens (including phenoxy) is 2. The summed E-state index contributed by atoms with van der Waals surface area (Å²) in [6.07, 6.45) is 1.15. The third-order valence-electron chi connectivity index (χ3n) is 4.04. The fourth-order valence-electron chi connectivity index (χ4n) is 2.82. The fourth-order valence-corrected chi connectivity index (χ4v) is 2.82. The van der Waals surface area contributed by atoms with Crippen LogP contribution in [0.4, 0.5) is 4.79 Å². The second kappa shape index (κ2) is 8.34. The van der Waals surface area contributed by atoms with Crippen molar-refractivity contribution in [2.45, 2.75) is 51.9 Å². The van der Waals surface area contributed by atoms with Crippen LogP contribution in [0.2, 0.25) is 0 Å². The number of nitrogens with zero attached hydrogens (tertiary/aromatic N) is 1. The lowest BCUT2D eigenvalue weighted by molar-refractivity contribution is 0.0199. The molecule has 1 heterocycles. The number of benzene rings is 1. The highest BCUT2D eigenvalue weighted by Crippen LogP contribution is 2.17. The highest BCUT2D eigenvalue weighted by atomic mass is 16.6. The quantitative estimate of drug-likeness (QED) is 0.908. The summed E-state index contributed by atoms with van der Waals surface area (Å²) in [5.41, 5.74) is 1.01. The van der Waals surface area contributed by atoms with Gasteiger partial charge in [-0.1, -0.05) is 18.2 Å². The van der Waals surface area contributed by atoms with Crippen LogP contribution in [0.5, 0.6) is 0 Å². The van der Waals surface area contributed by atoms with E-state index in [2.05, 4.69) is 5.32 Å². The molecule has 0 radical (unpaired) electrons. The summed E-state index contributed by atoms with van der Waals surface area (Å²) in [4.78, 5) is 26.3. The summed E-state index contributed by atoms with van der Waals surface area (Å²) in [5, 5.41) is 3.07. The van der Waals surface area contributed by atoms with Gasteiger partial charge in [-0.2, -0.15) is 0 Å². The largest absolute Gasteiger partial charge is 0.444 e. The minimum atomic E-state index is -0.493. The Morgan fingerprint density at radius 2 is 1.84 bits per heavy atom. The van der Waals surface area contributed by atoms with Crippen LogP contribution in [0, 0.1) is 0 Å².